The van der Waals surface area contributed by atoms with Gasteiger partial charge in [-0.3, -0.25) is 4.90 Å². The summed E-state index contributed by atoms with van der Waals surface area (Å²) in [5.41, 5.74) is 2.27. The van der Waals surface area contributed by atoms with E-state index in [0.29, 0.717) is 18.9 Å². The lowest BCUT2D eigenvalue weighted by Gasteiger charge is -2.40. The predicted octanol–water partition coefficient (Wildman–Crippen LogP) is 4.05. The van der Waals surface area contributed by atoms with Crippen LogP contribution in [0, 0.1) is 0 Å². The normalized spacial score (nSPS) is 16.4. The van der Waals surface area contributed by atoms with E-state index in [1.165, 1.54) is 11.8 Å². The van der Waals surface area contributed by atoms with Crippen LogP contribution in [0.4, 0.5) is 5.82 Å². The molecule has 2 aromatic carbocycles. The van der Waals surface area contributed by atoms with Crippen LogP contribution in [0.5, 0.6) is 0 Å². The molecule has 5 nitrogen and oxygen atoms in total. The monoisotopic (exact) mass is 441 g/mol. The first-order chi connectivity index (χ1) is 14.4. The summed E-state index contributed by atoms with van der Waals surface area (Å²) in [6, 6.07) is 21.6. The number of anilines is 1. The fraction of sp³-hybridized carbons (Fsp3) is 0.261. The Kier molecular flexibility index (Phi) is 6.09. The summed E-state index contributed by atoms with van der Waals surface area (Å²) < 4.78 is 24.4. The molecule has 0 spiro atoms. The van der Waals surface area contributed by atoms with Gasteiger partial charge in [-0.1, -0.05) is 60.1 Å². The van der Waals surface area contributed by atoms with E-state index < -0.39 is 9.84 Å². The molecular weight excluding hydrogens is 418 g/mol. The Morgan fingerprint density at radius 3 is 2.23 bits per heavy atom. The minimum atomic E-state index is -3.34. The Hall–Kier alpha value is -2.41. The number of piperazine rings is 1. The Labute approximate surface area is 182 Å². The number of hydrogen-bond donors (Lipinski definition) is 0. The molecular formula is C23H24ClN3O2S. The van der Waals surface area contributed by atoms with Crippen LogP contribution in [0.2, 0.25) is 5.02 Å². The first-order valence-corrected chi connectivity index (χ1v) is 12.2. The number of nitrogens with zero attached hydrogens (tertiary/aromatic N) is 3. The van der Waals surface area contributed by atoms with Gasteiger partial charge in [0.15, 0.2) is 9.84 Å². The molecule has 2 heterocycles. The van der Waals surface area contributed by atoms with Gasteiger partial charge >= 0.3 is 0 Å². The molecule has 4 rings (SSSR count). The summed E-state index contributed by atoms with van der Waals surface area (Å²) in [6.45, 7) is 2.91. The van der Waals surface area contributed by atoms with Crippen LogP contribution < -0.4 is 4.90 Å². The third-order valence-electron chi connectivity index (χ3n) is 5.44. The van der Waals surface area contributed by atoms with Crippen LogP contribution in [0.25, 0.3) is 0 Å². The maximum absolute atomic E-state index is 12.2. The van der Waals surface area contributed by atoms with Crippen molar-refractivity contribution in [2.45, 2.75) is 10.9 Å². The largest absolute Gasteiger partial charge is 0.353 e. The van der Waals surface area contributed by atoms with E-state index >= 15 is 0 Å². The molecule has 30 heavy (non-hydrogen) atoms. The van der Waals surface area contributed by atoms with Gasteiger partial charge in [-0.25, -0.2) is 13.4 Å². The average molecular weight is 442 g/mol. The quantitative estimate of drug-likeness (QED) is 0.597. The highest BCUT2D eigenvalue weighted by molar-refractivity contribution is 7.90. The average Bonchev–Trinajstić information content (AvgIpc) is 2.76. The Balaban J connectivity index is 1.61. The smallest absolute Gasteiger partial charge is 0.179 e. The minimum Gasteiger partial charge on any atom is -0.353 e. The summed E-state index contributed by atoms with van der Waals surface area (Å²) in [6.07, 6.45) is 2.87. The lowest BCUT2D eigenvalue weighted by atomic mass is 9.96. The van der Waals surface area contributed by atoms with Crippen LogP contribution >= 0.6 is 11.6 Å². The number of pyridine rings is 1. The predicted molar refractivity (Wildman–Crippen MR) is 121 cm³/mol. The number of rotatable bonds is 5. The van der Waals surface area contributed by atoms with Crippen LogP contribution in [0.15, 0.2) is 77.8 Å². The second-order valence-electron chi connectivity index (χ2n) is 7.46. The van der Waals surface area contributed by atoms with Crippen molar-refractivity contribution in [1.82, 2.24) is 9.88 Å². The molecule has 0 bridgehead atoms. The van der Waals surface area contributed by atoms with Crippen molar-refractivity contribution >= 4 is 27.3 Å². The molecule has 1 fully saturated rings. The first kappa shape index (κ1) is 20.8. The molecule has 1 saturated heterocycles. The summed E-state index contributed by atoms with van der Waals surface area (Å²) in [5.74, 6) is 0.536. The third-order valence-corrected chi connectivity index (χ3v) is 6.91. The topological polar surface area (TPSA) is 53.5 Å². The summed E-state index contributed by atoms with van der Waals surface area (Å²) in [4.78, 5) is 9.11. The van der Waals surface area contributed by atoms with Gasteiger partial charge < -0.3 is 4.90 Å². The standard InChI is InChI=1S/C23H24ClN3O2S/c1-30(28,29)21-12-7-13-25-23(21)27-16-14-26(15-17-27)22(18-8-3-2-4-9-18)19-10-5-6-11-20(19)24/h2-13,22H,14-17H2,1H3. The molecule has 0 saturated carbocycles. The van der Waals surface area contributed by atoms with Gasteiger partial charge in [0.25, 0.3) is 0 Å². The summed E-state index contributed by atoms with van der Waals surface area (Å²) >= 11 is 6.57. The molecule has 0 radical (unpaired) electrons. The Morgan fingerprint density at radius 1 is 0.900 bits per heavy atom. The van der Waals surface area contributed by atoms with Crippen molar-refractivity contribution < 1.29 is 8.42 Å². The van der Waals surface area contributed by atoms with Crippen molar-refractivity contribution in [2.24, 2.45) is 0 Å². The van der Waals surface area contributed by atoms with E-state index in [1.54, 1.807) is 18.3 Å². The molecule has 1 atom stereocenters. The molecule has 1 aromatic heterocycles. The van der Waals surface area contributed by atoms with Crippen LogP contribution in [0.1, 0.15) is 17.2 Å². The second kappa shape index (κ2) is 8.76. The molecule has 3 aromatic rings. The highest BCUT2D eigenvalue weighted by Gasteiger charge is 2.29. The Morgan fingerprint density at radius 2 is 1.57 bits per heavy atom. The second-order valence-corrected chi connectivity index (χ2v) is 9.85. The molecule has 7 heteroatoms. The van der Waals surface area contributed by atoms with Crippen molar-refractivity contribution in [1.29, 1.82) is 0 Å². The van der Waals surface area contributed by atoms with Gasteiger partial charge in [0.1, 0.15) is 10.7 Å². The van der Waals surface area contributed by atoms with E-state index in [4.69, 9.17) is 11.6 Å². The summed E-state index contributed by atoms with van der Waals surface area (Å²) in [7, 11) is -3.34. The molecule has 1 aliphatic rings. The lowest BCUT2D eigenvalue weighted by molar-refractivity contribution is 0.211. The van der Waals surface area contributed by atoms with Gasteiger partial charge in [0, 0.05) is 43.7 Å². The van der Waals surface area contributed by atoms with Crippen LogP contribution in [-0.2, 0) is 9.84 Å². The van der Waals surface area contributed by atoms with Gasteiger partial charge in [-0.15, -0.1) is 0 Å². The third kappa shape index (κ3) is 4.36. The zero-order valence-electron chi connectivity index (χ0n) is 16.8. The fourth-order valence-electron chi connectivity index (χ4n) is 4.02. The number of aromatic nitrogens is 1. The van der Waals surface area contributed by atoms with E-state index in [-0.39, 0.29) is 10.9 Å². The van der Waals surface area contributed by atoms with Gasteiger partial charge in [0.05, 0.1) is 6.04 Å². The lowest BCUT2D eigenvalue weighted by Crippen LogP contribution is -2.48. The van der Waals surface area contributed by atoms with Crippen molar-refractivity contribution in [2.75, 3.05) is 37.3 Å². The molecule has 0 amide bonds. The van der Waals surface area contributed by atoms with E-state index in [1.807, 2.05) is 36.4 Å². The number of sulfone groups is 1. The summed E-state index contributed by atoms with van der Waals surface area (Å²) in [5, 5.41) is 0.748. The highest BCUT2D eigenvalue weighted by atomic mass is 35.5. The van der Waals surface area contributed by atoms with Gasteiger partial charge in [-0.05, 0) is 29.3 Å². The highest BCUT2D eigenvalue weighted by Crippen LogP contribution is 2.34. The van der Waals surface area contributed by atoms with Crippen molar-refractivity contribution in [3.8, 4) is 0 Å². The van der Waals surface area contributed by atoms with Crippen molar-refractivity contribution in [3.05, 3.63) is 89.1 Å². The fourth-order valence-corrected chi connectivity index (χ4v) is 5.10. The number of halogens is 1. The minimum absolute atomic E-state index is 0.0418. The van der Waals surface area contributed by atoms with Crippen LogP contribution in [0.3, 0.4) is 0 Å². The zero-order chi connectivity index (χ0) is 21.1. The van der Waals surface area contributed by atoms with E-state index in [0.717, 1.165) is 23.7 Å². The maximum atomic E-state index is 12.2. The van der Waals surface area contributed by atoms with Gasteiger partial charge in [-0.2, -0.15) is 0 Å². The first-order valence-electron chi connectivity index (χ1n) is 9.88. The molecule has 0 aliphatic carbocycles. The van der Waals surface area contributed by atoms with E-state index in [2.05, 4.69) is 33.0 Å². The number of hydrogen-bond acceptors (Lipinski definition) is 5. The molecule has 1 aliphatic heterocycles. The van der Waals surface area contributed by atoms with Crippen LogP contribution in [-0.4, -0.2) is 50.7 Å². The Bertz CT molecular complexity index is 1110. The molecule has 0 N–H and O–H groups in total. The van der Waals surface area contributed by atoms with E-state index in [9.17, 15) is 8.42 Å². The number of benzene rings is 2. The zero-order valence-corrected chi connectivity index (χ0v) is 18.4. The van der Waals surface area contributed by atoms with Crippen molar-refractivity contribution in [3.63, 3.8) is 0 Å². The maximum Gasteiger partial charge on any atom is 0.179 e. The molecule has 1 unspecified atom stereocenters. The molecule has 156 valence electrons. The van der Waals surface area contributed by atoms with Gasteiger partial charge in [0.2, 0.25) is 0 Å². The SMILES string of the molecule is CS(=O)(=O)c1cccnc1N1CCN(C(c2ccccc2)c2ccccc2Cl)CC1.